The van der Waals surface area contributed by atoms with Gasteiger partial charge >= 0.3 is 12.1 Å². The Morgan fingerprint density at radius 2 is 2.00 bits per heavy atom. The van der Waals surface area contributed by atoms with Crippen molar-refractivity contribution in [2.24, 2.45) is 0 Å². The first-order valence-corrected chi connectivity index (χ1v) is 4.69. The summed E-state index contributed by atoms with van der Waals surface area (Å²) in [4.78, 5) is 10.1. The second kappa shape index (κ2) is 5.38. The lowest BCUT2D eigenvalue weighted by molar-refractivity contribution is -0.138. The summed E-state index contributed by atoms with van der Waals surface area (Å²) >= 11 is 0. The molecule has 0 aliphatic rings. The summed E-state index contributed by atoms with van der Waals surface area (Å²) in [5.41, 5.74) is -0.661. The van der Waals surface area contributed by atoms with Crippen molar-refractivity contribution in [3.05, 3.63) is 47.7 Å². The Morgan fingerprint density at radius 3 is 2.59 bits per heavy atom. The maximum atomic E-state index is 12.5. The molecule has 1 aromatic carbocycles. The molecule has 0 heterocycles. The zero-order valence-electron chi connectivity index (χ0n) is 8.66. The molecule has 1 aromatic rings. The summed E-state index contributed by atoms with van der Waals surface area (Å²) < 4.78 is 37.6. The van der Waals surface area contributed by atoms with Crippen LogP contribution in [0.2, 0.25) is 0 Å². The highest BCUT2D eigenvalue weighted by molar-refractivity contribution is 5.79. The molecule has 0 saturated heterocycles. The predicted molar refractivity (Wildman–Crippen MR) is 55.1 cm³/mol. The quantitative estimate of drug-likeness (QED) is 0.801. The molecule has 0 unspecified atom stereocenters. The Morgan fingerprint density at radius 1 is 1.35 bits per heavy atom. The van der Waals surface area contributed by atoms with Crippen molar-refractivity contribution in [3.63, 3.8) is 0 Å². The number of carboxylic acids is 1. The van der Waals surface area contributed by atoms with Gasteiger partial charge in [0.05, 0.1) is 5.56 Å². The average molecular weight is 245 g/mol. The minimum atomic E-state index is -4.41. The number of carboxylic acid groups (broad SMARTS) is 1. The van der Waals surface area contributed by atoms with Gasteiger partial charge in [-0.2, -0.15) is 13.2 Å². The molecular weight excluding hydrogens is 235 g/mol. The Balaban J connectivity index is 2.75. The minimum Gasteiger partial charge on any atom is -0.478 e. The normalized spacial score (nSPS) is 11.7. The third kappa shape index (κ3) is 4.18. The molecule has 2 N–H and O–H groups in total. The van der Waals surface area contributed by atoms with E-state index >= 15 is 0 Å². The number of carbonyl (C=O) groups is 1. The van der Waals surface area contributed by atoms with Crippen LogP contribution in [0.1, 0.15) is 11.1 Å². The summed E-state index contributed by atoms with van der Waals surface area (Å²) in [5, 5.41) is 10.8. The third-order valence-electron chi connectivity index (χ3n) is 1.96. The maximum absolute atomic E-state index is 12.5. The summed E-state index contributed by atoms with van der Waals surface area (Å²) in [6.45, 7) is -0.0839. The number of benzene rings is 1. The van der Waals surface area contributed by atoms with Crippen LogP contribution in [0.25, 0.3) is 0 Å². The number of halogens is 3. The number of nitrogens with one attached hydrogen (secondary N) is 1. The zero-order chi connectivity index (χ0) is 12.9. The molecule has 0 saturated carbocycles. The molecule has 3 nitrogen and oxygen atoms in total. The van der Waals surface area contributed by atoms with Gasteiger partial charge in [0.25, 0.3) is 0 Å². The van der Waals surface area contributed by atoms with Gasteiger partial charge in [0.2, 0.25) is 0 Å². The number of hydrogen-bond acceptors (Lipinski definition) is 2. The first kappa shape index (κ1) is 13.1. The molecule has 0 bridgehead atoms. The number of aliphatic carboxylic acids is 1. The lowest BCUT2D eigenvalue weighted by Gasteiger charge is -2.12. The molecule has 0 aliphatic heterocycles. The van der Waals surface area contributed by atoms with Gasteiger partial charge in [-0.15, -0.1) is 0 Å². The van der Waals surface area contributed by atoms with Crippen molar-refractivity contribution < 1.29 is 23.1 Å². The van der Waals surface area contributed by atoms with Crippen molar-refractivity contribution in [1.29, 1.82) is 0 Å². The predicted octanol–water partition coefficient (Wildman–Crippen LogP) is 2.39. The lowest BCUT2D eigenvalue weighted by Crippen LogP contribution is -2.13. The molecule has 0 radical (unpaired) electrons. The molecule has 0 aliphatic carbocycles. The molecule has 0 fully saturated rings. The van der Waals surface area contributed by atoms with Crippen molar-refractivity contribution in [2.45, 2.75) is 12.7 Å². The van der Waals surface area contributed by atoms with Crippen LogP contribution in [-0.2, 0) is 17.5 Å². The molecule has 0 atom stereocenters. The molecule has 0 amide bonds. The summed E-state index contributed by atoms with van der Waals surface area (Å²) in [6, 6.07) is 5.12. The molecular formula is C11H10F3NO2. The molecule has 0 spiro atoms. The Labute approximate surface area is 95.6 Å². The molecule has 6 heteroatoms. The van der Waals surface area contributed by atoms with Crippen LogP contribution in [0.4, 0.5) is 13.2 Å². The smallest absolute Gasteiger partial charge is 0.416 e. The Bertz CT molecular complexity index is 427. The van der Waals surface area contributed by atoms with Gasteiger partial charge in [-0.1, -0.05) is 18.2 Å². The highest BCUT2D eigenvalue weighted by Crippen LogP contribution is 2.31. The van der Waals surface area contributed by atoms with Crippen LogP contribution in [0.3, 0.4) is 0 Å². The van der Waals surface area contributed by atoms with E-state index in [4.69, 9.17) is 5.11 Å². The van der Waals surface area contributed by atoms with E-state index in [9.17, 15) is 18.0 Å². The summed E-state index contributed by atoms with van der Waals surface area (Å²) in [7, 11) is 0. The Kier molecular flexibility index (Phi) is 4.14. The molecule has 0 aromatic heterocycles. The Hall–Kier alpha value is -1.98. The lowest BCUT2D eigenvalue weighted by atomic mass is 10.1. The van der Waals surface area contributed by atoms with Crippen molar-refractivity contribution in [2.75, 3.05) is 0 Å². The highest BCUT2D eigenvalue weighted by Gasteiger charge is 2.32. The number of rotatable bonds is 4. The molecule has 17 heavy (non-hydrogen) atoms. The van der Waals surface area contributed by atoms with Gasteiger partial charge in [0, 0.05) is 18.8 Å². The zero-order valence-corrected chi connectivity index (χ0v) is 8.66. The van der Waals surface area contributed by atoms with Gasteiger partial charge in [-0.3, -0.25) is 0 Å². The van der Waals surface area contributed by atoms with Crippen molar-refractivity contribution in [1.82, 2.24) is 5.32 Å². The van der Waals surface area contributed by atoms with Crippen LogP contribution in [0.5, 0.6) is 0 Å². The van der Waals surface area contributed by atoms with Gasteiger partial charge in [0.15, 0.2) is 0 Å². The van der Waals surface area contributed by atoms with Crippen molar-refractivity contribution in [3.8, 4) is 0 Å². The van der Waals surface area contributed by atoms with E-state index in [1.165, 1.54) is 18.2 Å². The van der Waals surface area contributed by atoms with E-state index in [-0.39, 0.29) is 12.1 Å². The van der Waals surface area contributed by atoms with Crippen LogP contribution >= 0.6 is 0 Å². The van der Waals surface area contributed by atoms with Crippen LogP contribution < -0.4 is 5.32 Å². The van der Waals surface area contributed by atoms with Crippen LogP contribution in [-0.4, -0.2) is 11.1 Å². The van der Waals surface area contributed by atoms with E-state index < -0.39 is 17.7 Å². The van der Waals surface area contributed by atoms with E-state index in [2.05, 4.69) is 5.32 Å². The summed E-state index contributed by atoms with van der Waals surface area (Å²) in [5.74, 6) is -1.17. The maximum Gasteiger partial charge on any atom is 0.416 e. The minimum absolute atomic E-state index is 0.0649. The first-order chi connectivity index (χ1) is 7.91. The topological polar surface area (TPSA) is 49.3 Å². The van der Waals surface area contributed by atoms with E-state index in [1.54, 1.807) is 0 Å². The largest absolute Gasteiger partial charge is 0.478 e. The van der Waals surface area contributed by atoms with E-state index in [0.29, 0.717) is 0 Å². The fraction of sp³-hybridized carbons (Fsp3) is 0.182. The second-order valence-electron chi connectivity index (χ2n) is 3.21. The van der Waals surface area contributed by atoms with Crippen LogP contribution in [0.15, 0.2) is 36.5 Å². The first-order valence-electron chi connectivity index (χ1n) is 4.69. The molecule has 92 valence electrons. The number of alkyl halides is 3. The average Bonchev–Trinajstić information content (AvgIpc) is 2.23. The monoisotopic (exact) mass is 245 g/mol. The van der Waals surface area contributed by atoms with Gasteiger partial charge < -0.3 is 10.4 Å². The second-order valence-corrected chi connectivity index (χ2v) is 3.21. The number of hydrogen-bond donors (Lipinski definition) is 2. The van der Waals surface area contributed by atoms with E-state index in [0.717, 1.165) is 18.3 Å². The highest BCUT2D eigenvalue weighted by atomic mass is 19.4. The SMILES string of the molecule is O=C(O)/C=C/NCc1ccccc1C(F)(F)F. The third-order valence-corrected chi connectivity index (χ3v) is 1.96. The van der Waals surface area contributed by atoms with Gasteiger partial charge in [-0.25, -0.2) is 4.79 Å². The standard InChI is InChI=1S/C11H10F3NO2/c12-11(13,14)9-4-2-1-3-8(9)7-15-6-5-10(16)17/h1-6,15H,7H2,(H,16,17)/b6-5+. The van der Waals surface area contributed by atoms with Gasteiger partial charge in [0.1, 0.15) is 0 Å². The van der Waals surface area contributed by atoms with E-state index in [1.807, 2.05) is 0 Å². The molecule has 1 rings (SSSR count). The fourth-order valence-electron chi connectivity index (χ4n) is 1.25. The fourth-order valence-corrected chi connectivity index (χ4v) is 1.25. The summed E-state index contributed by atoms with van der Waals surface area (Å²) in [6.07, 6.45) is -2.50. The van der Waals surface area contributed by atoms with Crippen LogP contribution in [0, 0.1) is 0 Å². The van der Waals surface area contributed by atoms with Gasteiger partial charge in [-0.05, 0) is 11.6 Å². The van der Waals surface area contributed by atoms with Crippen molar-refractivity contribution >= 4 is 5.97 Å².